The number of benzene rings is 2. The number of nitrogens with zero attached hydrogens (tertiary/aromatic N) is 1. The fraction of sp³-hybridized carbons (Fsp3) is 0.300. The first kappa shape index (κ1) is 14.8. The van der Waals surface area contributed by atoms with Crippen LogP contribution in [0.3, 0.4) is 0 Å². The highest BCUT2D eigenvalue weighted by Gasteiger charge is 2.55. The van der Waals surface area contributed by atoms with Crippen molar-refractivity contribution in [3.63, 3.8) is 0 Å². The van der Waals surface area contributed by atoms with E-state index in [1.807, 2.05) is 54.6 Å². The van der Waals surface area contributed by atoms with Gasteiger partial charge in [0.25, 0.3) is 0 Å². The topological polar surface area (TPSA) is 58.6 Å². The van der Waals surface area contributed by atoms with E-state index in [2.05, 4.69) is 5.32 Å². The Hall–Kier alpha value is -2.50. The van der Waals surface area contributed by atoms with E-state index in [0.29, 0.717) is 13.1 Å². The first-order valence-corrected chi connectivity index (χ1v) is 8.58. The van der Waals surface area contributed by atoms with Crippen molar-refractivity contribution in [3.05, 3.63) is 60.2 Å². The third-order valence-corrected chi connectivity index (χ3v) is 5.52. The predicted molar refractivity (Wildman–Crippen MR) is 92.4 cm³/mol. The lowest BCUT2D eigenvalue weighted by Gasteiger charge is -2.27. The van der Waals surface area contributed by atoms with E-state index < -0.39 is 11.5 Å². The fourth-order valence-corrected chi connectivity index (χ4v) is 4.19. The van der Waals surface area contributed by atoms with Gasteiger partial charge in [-0.3, -0.25) is 19.8 Å². The van der Waals surface area contributed by atoms with Gasteiger partial charge in [-0.1, -0.05) is 48.5 Å². The second-order valence-corrected chi connectivity index (χ2v) is 6.95. The summed E-state index contributed by atoms with van der Waals surface area (Å²) in [6, 6.07) is 14.0. The van der Waals surface area contributed by atoms with Crippen LogP contribution in [0.2, 0.25) is 0 Å². The van der Waals surface area contributed by atoms with Crippen molar-refractivity contribution in [1.29, 1.82) is 0 Å². The molecule has 5 nitrogen and oxygen atoms in total. The van der Waals surface area contributed by atoms with Crippen LogP contribution in [0.25, 0.3) is 10.8 Å². The zero-order valence-electron chi connectivity index (χ0n) is 13.6. The number of hydrogen-bond acceptors (Lipinski definition) is 4. The van der Waals surface area contributed by atoms with Gasteiger partial charge in [0.2, 0.25) is 11.8 Å². The minimum Gasteiger partial charge on any atom is -0.347 e. The number of rotatable bonds is 3. The van der Waals surface area contributed by atoms with E-state index in [1.54, 1.807) is 0 Å². The van der Waals surface area contributed by atoms with Gasteiger partial charge in [0.1, 0.15) is 11.8 Å². The number of carbonyl (C=O) groups excluding carboxylic acids is 2. The van der Waals surface area contributed by atoms with Crippen LogP contribution in [0, 0.1) is 5.92 Å². The standard InChI is InChI=1S/C20H18N2O3/c23-18-10-16(20-9-8-17(25-20)21-12-20)19(24)22(18)11-14-6-3-5-13-4-1-2-7-15(13)14/h1-9,16-17,21H,10-12H2/t16?,17-,20+/m1/s1. The number of fused-ring (bicyclic) bond motifs is 3. The zero-order chi connectivity index (χ0) is 17.0. The first-order chi connectivity index (χ1) is 12.2. The highest BCUT2D eigenvalue weighted by molar-refractivity contribution is 6.04. The molecule has 1 unspecified atom stereocenters. The molecular formula is C20H18N2O3. The van der Waals surface area contributed by atoms with Crippen LogP contribution in [-0.4, -0.2) is 35.1 Å². The van der Waals surface area contributed by atoms with Crippen LogP contribution in [0.15, 0.2) is 54.6 Å². The van der Waals surface area contributed by atoms with Crippen molar-refractivity contribution < 1.29 is 14.3 Å². The third kappa shape index (κ3) is 2.16. The lowest BCUT2D eigenvalue weighted by molar-refractivity contribution is -0.142. The molecule has 2 fully saturated rings. The summed E-state index contributed by atoms with van der Waals surface area (Å²) in [5.74, 6) is -0.692. The molecule has 2 bridgehead atoms. The summed E-state index contributed by atoms with van der Waals surface area (Å²) >= 11 is 0. The number of amides is 2. The van der Waals surface area contributed by atoms with Gasteiger partial charge in [0.05, 0.1) is 12.5 Å². The second-order valence-electron chi connectivity index (χ2n) is 6.95. The monoisotopic (exact) mass is 334 g/mol. The molecule has 3 atom stereocenters. The van der Waals surface area contributed by atoms with Crippen LogP contribution in [0.5, 0.6) is 0 Å². The Morgan fingerprint density at radius 1 is 1.16 bits per heavy atom. The molecule has 5 rings (SSSR count). The number of carbonyl (C=O) groups is 2. The molecule has 2 aromatic rings. The highest BCUT2D eigenvalue weighted by atomic mass is 16.5. The van der Waals surface area contributed by atoms with E-state index in [9.17, 15) is 9.59 Å². The SMILES string of the molecule is O=C1CC([C@]23C=C[C@H](NC2)O3)C(=O)N1Cc1cccc2ccccc12. The first-order valence-electron chi connectivity index (χ1n) is 8.58. The van der Waals surface area contributed by atoms with Gasteiger partial charge >= 0.3 is 0 Å². The molecule has 2 saturated heterocycles. The fourth-order valence-electron chi connectivity index (χ4n) is 4.19. The predicted octanol–water partition coefficient (Wildman–Crippen LogP) is 1.97. The molecule has 3 aliphatic heterocycles. The Kier molecular flexibility index (Phi) is 3.11. The van der Waals surface area contributed by atoms with Crippen LogP contribution in [0.1, 0.15) is 12.0 Å². The Bertz CT molecular complexity index is 917. The quantitative estimate of drug-likeness (QED) is 0.689. The van der Waals surface area contributed by atoms with Gasteiger partial charge in [-0.2, -0.15) is 0 Å². The number of ether oxygens (including phenoxy) is 1. The van der Waals surface area contributed by atoms with Crippen LogP contribution in [-0.2, 0) is 20.9 Å². The number of hydrogen-bond donors (Lipinski definition) is 1. The van der Waals surface area contributed by atoms with E-state index in [1.165, 1.54) is 4.90 Å². The Balaban J connectivity index is 1.45. The molecule has 5 heteroatoms. The van der Waals surface area contributed by atoms with Crippen molar-refractivity contribution in [2.45, 2.75) is 24.8 Å². The van der Waals surface area contributed by atoms with E-state index in [-0.39, 0.29) is 24.5 Å². The van der Waals surface area contributed by atoms with Crippen LogP contribution < -0.4 is 5.32 Å². The van der Waals surface area contributed by atoms with E-state index in [0.717, 1.165) is 16.3 Å². The molecule has 3 heterocycles. The summed E-state index contributed by atoms with van der Waals surface area (Å²) in [5, 5.41) is 5.39. The van der Waals surface area contributed by atoms with Gasteiger partial charge in [-0.15, -0.1) is 0 Å². The molecule has 3 aliphatic rings. The summed E-state index contributed by atoms with van der Waals surface area (Å²) in [6.07, 6.45) is 3.96. The molecular weight excluding hydrogens is 316 g/mol. The van der Waals surface area contributed by atoms with Crippen molar-refractivity contribution in [3.8, 4) is 0 Å². The molecule has 2 amide bonds. The molecule has 126 valence electrons. The number of nitrogens with one attached hydrogen (secondary N) is 1. The highest BCUT2D eigenvalue weighted by Crippen LogP contribution is 2.41. The summed E-state index contributed by atoms with van der Waals surface area (Å²) in [6.45, 7) is 0.895. The average Bonchev–Trinajstić information content (AvgIpc) is 3.32. The van der Waals surface area contributed by atoms with Gasteiger partial charge in [0, 0.05) is 13.0 Å². The lowest BCUT2D eigenvalue weighted by atomic mass is 9.85. The normalized spacial score (nSPS) is 30.8. The Morgan fingerprint density at radius 3 is 2.76 bits per heavy atom. The van der Waals surface area contributed by atoms with Crippen LogP contribution in [0.4, 0.5) is 0 Å². The molecule has 0 saturated carbocycles. The van der Waals surface area contributed by atoms with Crippen molar-refractivity contribution in [1.82, 2.24) is 10.2 Å². The largest absolute Gasteiger partial charge is 0.347 e. The summed E-state index contributed by atoms with van der Waals surface area (Å²) < 4.78 is 5.91. The van der Waals surface area contributed by atoms with Gasteiger partial charge in [0.15, 0.2) is 0 Å². The summed E-state index contributed by atoms with van der Waals surface area (Å²) in [7, 11) is 0. The minimum absolute atomic E-state index is 0.121. The van der Waals surface area contributed by atoms with Crippen molar-refractivity contribution >= 4 is 22.6 Å². The maximum absolute atomic E-state index is 13.0. The van der Waals surface area contributed by atoms with Crippen LogP contribution >= 0.6 is 0 Å². The van der Waals surface area contributed by atoms with Gasteiger partial charge in [-0.25, -0.2) is 0 Å². The lowest BCUT2D eigenvalue weighted by Crippen LogP contribution is -2.44. The summed E-state index contributed by atoms with van der Waals surface area (Å²) in [4.78, 5) is 27.0. The van der Waals surface area contributed by atoms with Gasteiger partial charge < -0.3 is 4.74 Å². The molecule has 1 N–H and O–H groups in total. The molecule has 0 radical (unpaired) electrons. The second kappa shape index (κ2) is 5.25. The Morgan fingerprint density at radius 2 is 2.00 bits per heavy atom. The number of likely N-dealkylation sites (tertiary alicyclic amines) is 1. The zero-order valence-corrected chi connectivity index (χ0v) is 13.6. The molecule has 0 aliphatic carbocycles. The van der Waals surface area contributed by atoms with Crippen molar-refractivity contribution in [2.75, 3.05) is 6.54 Å². The minimum atomic E-state index is -0.662. The molecule has 2 aromatic carbocycles. The van der Waals surface area contributed by atoms with Crippen molar-refractivity contribution in [2.24, 2.45) is 5.92 Å². The molecule has 0 spiro atoms. The maximum Gasteiger partial charge on any atom is 0.236 e. The summed E-state index contributed by atoms with van der Waals surface area (Å²) in [5.41, 5.74) is 0.327. The van der Waals surface area contributed by atoms with Gasteiger partial charge in [-0.05, 0) is 22.4 Å². The Labute approximate surface area is 145 Å². The molecule has 0 aromatic heterocycles. The van der Waals surface area contributed by atoms with E-state index >= 15 is 0 Å². The molecule has 25 heavy (non-hydrogen) atoms. The van der Waals surface area contributed by atoms with E-state index in [4.69, 9.17) is 4.74 Å². The third-order valence-electron chi connectivity index (χ3n) is 5.52. The number of imide groups is 1. The average molecular weight is 334 g/mol. The maximum atomic E-state index is 13.0. The smallest absolute Gasteiger partial charge is 0.236 e.